The number of imide groups is 1. The van der Waals surface area contributed by atoms with Crippen molar-refractivity contribution in [2.24, 2.45) is 34.7 Å². The zero-order chi connectivity index (χ0) is 21.3. The molecule has 2 aromatic rings. The molecule has 0 unspecified atom stereocenters. The predicted molar refractivity (Wildman–Crippen MR) is 112 cm³/mol. The van der Waals surface area contributed by atoms with Crippen LogP contribution in [-0.4, -0.2) is 37.8 Å². The van der Waals surface area contributed by atoms with E-state index in [1.165, 1.54) is 4.90 Å². The minimum Gasteiger partial charge on any atom is -0.493 e. The predicted octanol–water partition coefficient (Wildman–Crippen LogP) is 2.88. The van der Waals surface area contributed by atoms with Crippen molar-refractivity contribution in [3.05, 3.63) is 54.1 Å². The second-order valence-corrected chi connectivity index (χ2v) is 8.60. The number of hydrogen-bond donors (Lipinski definition) is 0. The maximum Gasteiger partial charge on any atom is 0.238 e. The molecule has 7 heteroatoms. The van der Waals surface area contributed by atoms with Gasteiger partial charge < -0.3 is 14.3 Å². The Bertz CT molecular complexity index is 1110. The van der Waals surface area contributed by atoms with Gasteiger partial charge in [-0.15, -0.1) is 0 Å². The van der Waals surface area contributed by atoms with Crippen molar-refractivity contribution < 1.29 is 23.9 Å². The topological polar surface area (TPSA) is 77.4 Å². The Kier molecular flexibility index (Phi) is 3.91. The summed E-state index contributed by atoms with van der Waals surface area (Å²) in [6, 6.07) is 14.9. The Morgan fingerprint density at radius 3 is 2.32 bits per heavy atom. The molecule has 2 aliphatic heterocycles. The van der Waals surface area contributed by atoms with Crippen LogP contribution < -0.4 is 14.4 Å². The number of amides is 2. The van der Waals surface area contributed by atoms with Crippen LogP contribution in [-0.2, 0) is 14.4 Å². The average molecular weight is 418 g/mol. The van der Waals surface area contributed by atoms with E-state index < -0.39 is 0 Å². The molecule has 2 heterocycles. The first-order valence-corrected chi connectivity index (χ1v) is 10.5. The molecule has 4 aliphatic rings. The standard InChI is InChI=1S/C24H22N2O5/c1-29-16-9-8-12(10-17(16)30-2)21-20-14-11-15(22(20)31-25-21)19-18(14)23(27)26(24(19)28)13-6-4-3-5-7-13/h3-10,14-15,18-20,22H,11H2,1-2H3/t14-,15+,18+,19-,20-,22-/m1/s1. The third kappa shape index (κ3) is 2.37. The van der Waals surface area contributed by atoms with Gasteiger partial charge in [-0.25, -0.2) is 0 Å². The minimum absolute atomic E-state index is 0.00294. The van der Waals surface area contributed by atoms with Crippen molar-refractivity contribution in [1.29, 1.82) is 0 Å². The van der Waals surface area contributed by atoms with Crippen LogP contribution in [0, 0.1) is 29.6 Å². The van der Waals surface area contributed by atoms with Gasteiger partial charge in [0, 0.05) is 17.4 Å². The molecule has 2 saturated carbocycles. The highest BCUT2D eigenvalue weighted by molar-refractivity contribution is 6.23. The van der Waals surface area contributed by atoms with Crippen LogP contribution >= 0.6 is 0 Å². The van der Waals surface area contributed by atoms with Crippen LogP contribution in [0.5, 0.6) is 11.5 Å². The van der Waals surface area contributed by atoms with E-state index in [0.717, 1.165) is 17.7 Å². The molecule has 158 valence electrons. The van der Waals surface area contributed by atoms with E-state index in [4.69, 9.17) is 14.3 Å². The van der Waals surface area contributed by atoms with E-state index in [9.17, 15) is 9.59 Å². The van der Waals surface area contributed by atoms with Gasteiger partial charge in [-0.2, -0.15) is 0 Å². The molecule has 0 aromatic heterocycles. The number of hydrogen-bond acceptors (Lipinski definition) is 6. The van der Waals surface area contributed by atoms with Gasteiger partial charge in [0.05, 0.1) is 37.5 Å². The van der Waals surface area contributed by atoms with Crippen molar-refractivity contribution >= 4 is 23.2 Å². The average Bonchev–Trinajstić information content (AvgIpc) is 3.54. The summed E-state index contributed by atoms with van der Waals surface area (Å²) in [6.45, 7) is 0. The molecule has 0 N–H and O–H groups in total. The van der Waals surface area contributed by atoms with Crippen LogP contribution in [0.3, 0.4) is 0 Å². The van der Waals surface area contributed by atoms with Crippen LogP contribution in [0.4, 0.5) is 5.69 Å². The summed E-state index contributed by atoms with van der Waals surface area (Å²) in [4.78, 5) is 33.9. The zero-order valence-corrected chi connectivity index (χ0v) is 17.2. The maximum atomic E-state index is 13.4. The second-order valence-electron chi connectivity index (χ2n) is 8.60. The Morgan fingerprint density at radius 2 is 1.61 bits per heavy atom. The summed E-state index contributed by atoms with van der Waals surface area (Å²) in [5.74, 6) is 0.480. The van der Waals surface area contributed by atoms with Crippen LogP contribution in [0.15, 0.2) is 53.7 Å². The number of rotatable bonds is 4. The van der Waals surface area contributed by atoms with Crippen LogP contribution in [0.2, 0.25) is 0 Å². The molecule has 0 spiro atoms. The lowest BCUT2D eigenvalue weighted by Gasteiger charge is -2.29. The number of anilines is 1. The molecular formula is C24H22N2O5. The Hall–Kier alpha value is -3.35. The van der Waals surface area contributed by atoms with Gasteiger partial charge >= 0.3 is 0 Å². The highest BCUT2D eigenvalue weighted by Crippen LogP contribution is 2.62. The zero-order valence-electron chi connectivity index (χ0n) is 17.2. The number of fused-ring (bicyclic) bond motifs is 8. The molecule has 2 aromatic carbocycles. The number of benzene rings is 2. The number of para-hydroxylation sites is 1. The molecule has 3 fully saturated rings. The molecule has 1 saturated heterocycles. The second kappa shape index (κ2) is 6.57. The Labute approximate surface area is 179 Å². The number of methoxy groups -OCH3 is 2. The Balaban J connectivity index is 1.34. The van der Waals surface area contributed by atoms with Gasteiger partial charge in [-0.05, 0) is 42.7 Å². The Morgan fingerprint density at radius 1 is 0.903 bits per heavy atom. The molecular weight excluding hydrogens is 396 g/mol. The van der Waals surface area contributed by atoms with Crippen molar-refractivity contribution in [1.82, 2.24) is 0 Å². The van der Waals surface area contributed by atoms with Gasteiger partial charge in [0.25, 0.3) is 0 Å². The van der Waals surface area contributed by atoms with E-state index in [1.54, 1.807) is 14.2 Å². The van der Waals surface area contributed by atoms with E-state index in [1.807, 2.05) is 48.5 Å². The third-order valence-electron chi connectivity index (χ3n) is 7.38. The number of nitrogens with zero attached hydrogens (tertiary/aromatic N) is 2. The third-order valence-corrected chi connectivity index (χ3v) is 7.38. The monoisotopic (exact) mass is 418 g/mol. The molecule has 31 heavy (non-hydrogen) atoms. The molecule has 2 amide bonds. The summed E-state index contributed by atoms with van der Waals surface area (Å²) in [5, 5.41) is 4.40. The molecule has 0 radical (unpaired) electrons. The van der Waals surface area contributed by atoms with E-state index >= 15 is 0 Å². The highest BCUT2D eigenvalue weighted by Gasteiger charge is 2.70. The number of ether oxygens (including phenoxy) is 2. The fourth-order valence-corrected chi connectivity index (χ4v) is 6.19. The van der Waals surface area contributed by atoms with E-state index in [-0.39, 0.29) is 47.5 Å². The summed E-state index contributed by atoms with van der Waals surface area (Å²) in [6.07, 6.45) is 0.652. The maximum absolute atomic E-state index is 13.4. The molecule has 2 bridgehead atoms. The first-order chi connectivity index (χ1) is 15.1. The summed E-state index contributed by atoms with van der Waals surface area (Å²) < 4.78 is 10.8. The lowest BCUT2D eigenvalue weighted by molar-refractivity contribution is -0.125. The SMILES string of the molecule is COc1ccc(C2=NO[C@@H]3[C@H]4C[C@@H]([C@H]23)[C@@H]2C(=O)N(c3ccccc3)C(=O)[C@H]42)cc1OC. The normalized spacial score (nSPS) is 32.6. The van der Waals surface area contributed by atoms with Gasteiger partial charge in [0.2, 0.25) is 11.8 Å². The minimum atomic E-state index is -0.320. The lowest BCUT2D eigenvalue weighted by atomic mass is 9.71. The van der Waals surface area contributed by atoms with E-state index in [0.29, 0.717) is 17.2 Å². The number of carbonyl (C=O) groups excluding carboxylic acids is 2. The van der Waals surface area contributed by atoms with Crippen molar-refractivity contribution in [2.45, 2.75) is 12.5 Å². The van der Waals surface area contributed by atoms with Crippen LogP contribution in [0.1, 0.15) is 12.0 Å². The van der Waals surface area contributed by atoms with Crippen molar-refractivity contribution in [3.8, 4) is 11.5 Å². The van der Waals surface area contributed by atoms with E-state index in [2.05, 4.69) is 5.16 Å². The van der Waals surface area contributed by atoms with Gasteiger partial charge in [-0.3, -0.25) is 14.5 Å². The fourth-order valence-electron chi connectivity index (χ4n) is 6.19. The fraction of sp³-hybridized carbons (Fsp3) is 0.375. The van der Waals surface area contributed by atoms with Gasteiger partial charge in [-0.1, -0.05) is 23.4 Å². The summed E-state index contributed by atoms with van der Waals surface area (Å²) in [5.41, 5.74) is 2.37. The largest absolute Gasteiger partial charge is 0.493 e. The molecule has 6 rings (SSSR count). The highest BCUT2D eigenvalue weighted by atomic mass is 16.6. The smallest absolute Gasteiger partial charge is 0.238 e. The summed E-state index contributed by atoms with van der Waals surface area (Å²) in [7, 11) is 3.20. The van der Waals surface area contributed by atoms with Crippen molar-refractivity contribution in [2.75, 3.05) is 19.1 Å². The molecule has 7 nitrogen and oxygen atoms in total. The first-order valence-electron chi connectivity index (χ1n) is 10.5. The number of oxime groups is 1. The first kappa shape index (κ1) is 18.4. The van der Waals surface area contributed by atoms with Gasteiger partial charge in [0.15, 0.2) is 11.5 Å². The van der Waals surface area contributed by atoms with Crippen LogP contribution in [0.25, 0.3) is 0 Å². The van der Waals surface area contributed by atoms with Gasteiger partial charge in [0.1, 0.15) is 6.10 Å². The lowest BCUT2D eigenvalue weighted by Crippen LogP contribution is -2.41. The molecule has 6 atom stereocenters. The quantitative estimate of drug-likeness (QED) is 0.714. The number of carbonyl (C=O) groups is 2. The summed E-state index contributed by atoms with van der Waals surface area (Å²) >= 11 is 0. The van der Waals surface area contributed by atoms with Crippen molar-refractivity contribution in [3.63, 3.8) is 0 Å². The molecule has 2 aliphatic carbocycles.